The van der Waals surface area contributed by atoms with Crippen LogP contribution in [0.4, 0.5) is 5.82 Å². The van der Waals surface area contributed by atoms with Crippen molar-refractivity contribution >= 4 is 23.1 Å². The van der Waals surface area contributed by atoms with E-state index in [4.69, 9.17) is 0 Å². The standard InChI is InChI=1S/C21H23N5OS/c1-25-9-11-26(12-10-25)19-8-7-16(13-22-19)14-23-20(27)18-15-28-21(24-18)17-5-3-2-4-6-17/h2-8,13,15H,9-12,14H2,1H3,(H,23,27). The molecule has 3 aromatic rings. The summed E-state index contributed by atoms with van der Waals surface area (Å²) in [5, 5.41) is 5.58. The zero-order valence-electron chi connectivity index (χ0n) is 15.8. The topological polar surface area (TPSA) is 61.4 Å². The lowest BCUT2D eigenvalue weighted by atomic mass is 10.2. The van der Waals surface area contributed by atoms with Gasteiger partial charge in [-0.3, -0.25) is 4.79 Å². The number of likely N-dealkylation sites (N-methyl/N-ethyl adjacent to an activating group) is 1. The van der Waals surface area contributed by atoms with Gasteiger partial charge in [-0.1, -0.05) is 36.4 Å². The van der Waals surface area contributed by atoms with E-state index < -0.39 is 0 Å². The molecule has 0 bridgehead atoms. The second kappa shape index (κ2) is 8.50. The van der Waals surface area contributed by atoms with Crippen LogP contribution >= 0.6 is 11.3 Å². The molecule has 0 atom stereocenters. The number of pyridine rings is 1. The van der Waals surface area contributed by atoms with Gasteiger partial charge in [0.05, 0.1) is 0 Å². The number of rotatable bonds is 5. The van der Waals surface area contributed by atoms with Crippen molar-refractivity contribution in [1.82, 2.24) is 20.2 Å². The highest BCUT2D eigenvalue weighted by atomic mass is 32.1. The van der Waals surface area contributed by atoms with E-state index >= 15 is 0 Å². The Balaban J connectivity index is 1.33. The van der Waals surface area contributed by atoms with Gasteiger partial charge >= 0.3 is 0 Å². The van der Waals surface area contributed by atoms with Gasteiger partial charge in [0.25, 0.3) is 5.91 Å². The van der Waals surface area contributed by atoms with Crippen molar-refractivity contribution in [1.29, 1.82) is 0 Å². The third kappa shape index (κ3) is 4.37. The number of amides is 1. The summed E-state index contributed by atoms with van der Waals surface area (Å²) in [4.78, 5) is 26.0. The number of hydrogen-bond acceptors (Lipinski definition) is 6. The third-order valence-corrected chi connectivity index (χ3v) is 5.74. The lowest BCUT2D eigenvalue weighted by Crippen LogP contribution is -2.44. The Morgan fingerprint density at radius 2 is 1.89 bits per heavy atom. The predicted octanol–water partition coefficient (Wildman–Crippen LogP) is 2.89. The molecular formula is C21H23N5OS. The molecule has 0 radical (unpaired) electrons. The summed E-state index contributed by atoms with van der Waals surface area (Å²) in [5.41, 5.74) is 2.45. The molecule has 0 spiro atoms. The highest BCUT2D eigenvalue weighted by molar-refractivity contribution is 7.13. The maximum Gasteiger partial charge on any atom is 0.271 e. The molecule has 28 heavy (non-hydrogen) atoms. The molecule has 4 rings (SSSR count). The second-order valence-corrected chi connectivity index (χ2v) is 7.76. The molecule has 1 saturated heterocycles. The Labute approximate surface area is 168 Å². The molecule has 1 amide bonds. The lowest BCUT2D eigenvalue weighted by Gasteiger charge is -2.33. The van der Waals surface area contributed by atoms with Crippen LogP contribution in [0.1, 0.15) is 16.1 Å². The molecule has 7 heteroatoms. The fourth-order valence-electron chi connectivity index (χ4n) is 3.11. The number of carbonyl (C=O) groups excluding carboxylic acids is 1. The van der Waals surface area contributed by atoms with Gasteiger partial charge in [0, 0.05) is 49.9 Å². The number of carbonyl (C=O) groups is 1. The van der Waals surface area contributed by atoms with E-state index in [2.05, 4.69) is 32.1 Å². The van der Waals surface area contributed by atoms with Gasteiger partial charge in [0.2, 0.25) is 0 Å². The van der Waals surface area contributed by atoms with Crippen LogP contribution in [0.5, 0.6) is 0 Å². The van der Waals surface area contributed by atoms with Crippen molar-refractivity contribution in [3.63, 3.8) is 0 Å². The Bertz CT molecular complexity index is 917. The summed E-state index contributed by atoms with van der Waals surface area (Å²) < 4.78 is 0. The summed E-state index contributed by atoms with van der Waals surface area (Å²) >= 11 is 1.48. The molecule has 0 saturated carbocycles. The average molecular weight is 394 g/mol. The first-order valence-corrected chi connectivity index (χ1v) is 10.2. The monoisotopic (exact) mass is 393 g/mol. The quantitative estimate of drug-likeness (QED) is 0.722. The minimum absolute atomic E-state index is 0.165. The number of piperazine rings is 1. The van der Waals surface area contributed by atoms with E-state index in [9.17, 15) is 4.79 Å². The maximum atomic E-state index is 12.4. The van der Waals surface area contributed by atoms with Crippen molar-refractivity contribution in [3.8, 4) is 10.6 Å². The highest BCUT2D eigenvalue weighted by Crippen LogP contribution is 2.23. The number of hydrogen-bond donors (Lipinski definition) is 1. The predicted molar refractivity (Wildman–Crippen MR) is 113 cm³/mol. The van der Waals surface area contributed by atoms with Gasteiger partial charge in [-0.25, -0.2) is 9.97 Å². The van der Waals surface area contributed by atoms with E-state index in [1.807, 2.05) is 48.7 Å². The number of anilines is 1. The molecule has 1 aromatic carbocycles. The summed E-state index contributed by atoms with van der Waals surface area (Å²) in [5.74, 6) is 0.830. The summed E-state index contributed by atoms with van der Waals surface area (Å²) in [7, 11) is 2.14. The molecular weight excluding hydrogens is 370 g/mol. The Kier molecular flexibility index (Phi) is 5.64. The van der Waals surface area contributed by atoms with Crippen LogP contribution in [0.2, 0.25) is 0 Å². The SMILES string of the molecule is CN1CCN(c2ccc(CNC(=O)c3csc(-c4ccccc4)n3)cn2)CC1. The van der Waals surface area contributed by atoms with Crippen LogP contribution in [-0.4, -0.2) is 54.0 Å². The van der Waals surface area contributed by atoms with E-state index in [1.54, 1.807) is 5.38 Å². The molecule has 0 aliphatic carbocycles. The Hall–Kier alpha value is -2.77. The van der Waals surface area contributed by atoms with E-state index in [1.165, 1.54) is 11.3 Å². The highest BCUT2D eigenvalue weighted by Gasteiger charge is 2.15. The second-order valence-electron chi connectivity index (χ2n) is 6.90. The molecule has 2 aromatic heterocycles. The minimum Gasteiger partial charge on any atom is -0.354 e. The number of nitrogens with one attached hydrogen (secondary N) is 1. The van der Waals surface area contributed by atoms with Crippen molar-refractivity contribution in [2.45, 2.75) is 6.54 Å². The molecule has 144 valence electrons. The lowest BCUT2D eigenvalue weighted by molar-refractivity contribution is 0.0946. The van der Waals surface area contributed by atoms with Crippen LogP contribution in [0.15, 0.2) is 54.0 Å². The number of thiazole rings is 1. The number of nitrogens with zero attached hydrogens (tertiary/aromatic N) is 4. The van der Waals surface area contributed by atoms with E-state index in [-0.39, 0.29) is 5.91 Å². The summed E-state index contributed by atoms with van der Waals surface area (Å²) in [6.07, 6.45) is 1.84. The molecule has 1 fully saturated rings. The number of aromatic nitrogens is 2. The average Bonchev–Trinajstić information content (AvgIpc) is 3.24. The molecule has 1 N–H and O–H groups in total. The van der Waals surface area contributed by atoms with Crippen molar-refractivity contribution in [3.05, 3.63) is 65.3 Å². The maximum absolute atomic E-state index is 12.4. The van der Waals surface area contributed by atoms with Crippen LogP contribution in [0, 0.1) is 0 Å². The first-order valence-electron chi connectivity index (χ1n) is 9.36. The van der Waals surface area contributed by atoms with Gasteiger partial charge in [-0.05, 0) is 18.7 Å². The minimum atomic E-state index is -0.165. The van der Waals surface area contributed by atoms with E-state index in [0.29, 0.717) is 12.2 Å². The fourth-order valence-corrected chi connectivity index (χ4v) is 3.91. The van der Waals surface area contributed by atoms with Gasteiger partial charge in [0.1, 0.15) is 16.5 Å². The van der Waals surface area contributed by atoms with Crippen LogP contribution < -0.4 is 10.2 Å². The van der Waals surface area contributed by atoms with E-state index in [0.717, 1.165) is 48.1 Å². The van der Waals surface area contributed by atoms with Crippen molar-refractivity contribution < 1.29 is 4.79 Å². The van der Waals surface area contributed by atoms with Crippen LogP contribution in [0.25, 0.3) is 10.6 Å². The Morgan fingerprint density at radius 3 is 2.61 bits per heavy atom. The molecule has 3 heterocycles. The molecule has 1 aliphatic rings. The van der Waals surface area contributed by atoms with Crippen LogP contribution in [-0.2, 0) is 6.54 Å². The molecule has 1 aliphatic heterocycles. The first-order chi connectivity index (χ1) is 13.7. The van der Waals surface area contributed by atoms with Crippen LogP contribution in [0.3, 0.4) is 0 Å². The normalized spacial score (nSPS) is 14.8. The third-order valence-electron chi connectivity index (χ3n) is 4.85. The van der Waals surface area contributed by atoms with Crippen molar-refractivity contribution in [2.24, 2.45) is 0 Å². The first kappa shape index (κ1) is 18.6. The van der Waals surface area contributed by atoms with Crippen molar-refractivity contribution in [2.75, 3.05) is 38.1 Å². The van der Waals surface area contributed by atoms with Gasteiger partial charge in [-0.15, -0.1) is 11.3 Å². The Morgan fingerprint density at radius 1 is 1.11 bits per heavy atom. The van der Waals surface area contributed by atoms with Gasteiger partial charge in [0.15, 0.2) is 0 Å². The summed E-state index contributed by atoms with van der Waals surface area (Å²) in [6.45, 7) is 4.53. The van der Waals surface area contributed by atoms with Gasteiger partial charge < -0.3 is 15.1 Å². The zero-order chi connectivity index (χ0) is 19.3. The number of benzene rings is 1. The molecule has 0 unspecified atom stereocenters. The fraction of sp³-hybridized carbons (Fsp3) is 0.286. The smallest absolute Gasteiger partial charge is 0.271 e. The zero-order valence-corrected chi connectivity index (χ0v) is 16.7. The van der Waals surface area contributed by atoms with Gasteiger partial charge in [-0.2, -0.15) is 0 Å². The largest absolute Gasteiger partial charge is 0.354 e. The molecule has 6 nitrogen and oxygen atoms in total. The summed E-state index contributed by atoms with van der Waals surface area (Å²) in [6, 6.07) is 13.9.